The molecular weight excluding hydrogens is 288 g/mol. The Kier molecular flexibility index (Phi) is 6.35. The number of hydrogen-bond donors (Lipinski definition) is 1. The van der Waals surface area contributed by atoms with Crippen LogP contribution in [0.5, 0.6) is 0 Å². The SMILES string of the molecule is O=C(NCCCOC1CCCC1)C1(N2CCCC2)CCCCC1. The number of hydrogen-bond acceptors (Lipinski definition) is 3. The number of nitrogens with one attached hydrogen (secondary N) is 1. The highest BCUT2D eigenvalue weighted by Gasteiger charge is 2.45. The second-order valence-electron chi connectivity index (χ2n) is 7.67. The molecule has 1 amide bonds. The van der Waals surface area contributed by atoms with Crippen molar-refractivity contribution in [1.29, 1.82) is 0 Å². The van der Waals surface area contributed by atoms with Crippen LogP contribution in [0.3, 0.4) is 0 Å². The van der Waals surface area contributed by atoms with Crippen molar-refractivity contribution in [3.63, 3.8) is 0 Å². The first-order valence-corrected chi connectivity index (χ1v) is 9.96. The van der Waals surface area contributed by atoms with E-state index in [1.54, 1.807) is 0 Å². The van der Waals surface area contributed by atoms with E-state index in [1.807, 2.05) is 0 Å². The minimum atomic E-state index is -0.193. The lowest BCUT2D eigenvalue weighted by molar-refractivity contribution is -0.135. The van der Waals surface area contributed by atoms with Gasteiger partial charge in [0.1, 0.15) is 5.54 Å². The van der Waals surface area contributed by atoms with Crippen LogP contribution < -0.4 is 5.32 Å². The van der Waals surface area contributed by atoms with Crippen molar-refractivity contribution in [2.45, 2.75) is 88.7 Å². The molecule has 132 valence electrons. The van der Waals surface area contributed by atoms with Crippen LogP contribution >= 0.6 is 0 Å². The highest BCUT2D eigenvalue weighted by molar-refractivity contribution is 5.86. The van der Waals surface area contributed by atoms with Gasteiger partial charge in [-0.15, -0.1) is 0 Å². The van der Waals surface area contributed by atoms with E-state index in [0.717, 1.165) is 45.5 Å². The Balaban J connectivity index is 1.42. The van der Waals surface area contributed by atoms with Crippen LogP contribution in [-0.2, 0) is 9.53 Å². The van der Waals surface area contributed by atoms with Gasteiger partial charge in [-0.3, -0.25) is 9.69 Å². The van der Waals surface area contributed by atoms with Crippen LogP contribution in [0.1, 0.15) is 77.0 Å². The molecule has 2 saturated carbocycles. The van der Waals surface area contributed by atoms with Crippen LogP contribution in [0.4, 0.5) is 0 Å². The minimum Gasteiger partial charge on any atom is -0.378 e. The standard InChI is InChI=1S/C19H34N2O2/c22-18(20-13-8-16-23-17-9-2-3-10-17)19(11-4-1-5-12-19)21-14-6-7-15-21/h17H,1-16H2,(H,20,22). The molecule has 0 atom stereocenters. The second kappa shape index (κ2) is 8.48. The van der Waals surface area contributed by atoms with E-state index in [4.69, 9.17) is 4.74 Å². The summed E-state index contributed by atoms with van der Waals surface area (Å²) in [6, 6.07) is 0. The van der Waals surface area contributed by atoms with Crippen LogP contribution in [0.2, 0.25) is 0 Å². The van der Waals surface area contributed by atoms with Crippen molar-refractivity contribution in [3.8, 4) is 0 Å². The van der Waals surface area contributed by atoms with Crippen LogP contribution in [0.15, 0.2) is 0 Å². The maximum atomic E-state index is 12.9. The molecule has 1 saturated heterocycles. The molecule has 1 N–H and O–H groups in total. The van der Waals surface area contributed by atoms with Crippen LogP contribution in [0.25, 0.3) is 0 Å². The fourth-order valence-electron chi connectivity index (χ4n) is 4.71. The lowest BCUT2D eigenvalue weighted by Gasteiger charge is -2.43. The van der Waals surface area contributed by atoms with E-state index < -0.39 is 0 Å². The summed E-state index contributed by atoms with van der Waals surface area (Å²) in [5.74, 6) is 0.292. The number of carbonyl (C=O) groups excluding carboxylic acids is 1. The molecule has 0 bridgehead atoms. The molecular formula is C19H34N2O2. The average Bonchev–Trinajstić information content (AvgIpc) is 3.29. The van der Waals surface area contributed by atoms with Gasteiger partial charge in [0.05, 0.1) is 6.10 Å². The Morgan fingerprint density at radius 3 is 2.39 bits per heavy atom. The molecule has 0 unspecified atom stereocenters. The van der Waals surface area contributed by atoms with Crippen molar-refractivity contribution < 1.29 is 9.53 Å². The largest absolute Gasteiger partial charge is 0.378 e. The van der Waals surface area contributed by atoms with Gasteiger partial charge in [0.25, 0.3) is 0 Å². The smallest absolute Gasteiger partial charge is 0.240 e. The summed E-state index contributed by atoms with van der Waals surface area (Å²) in [6.07, 6.45) is 14.8. The molecule has 4 nitrogen and oxygen atoms in total. The van der Waals surface area contributed by atoms with Crippen molar-refractivity contribution in [2.24, 2.45) is 0 Å². The topological polar surface area (TPSA) is 41.6 Å². The quantitative estimate of drug-likeness (QED) is 0.732. The Bertz CT molecular complexity index is 368. The third-order valence-corrected chi connectivity index (χ3v) is 6.08. The summed E-state index contributed by atoms with van der Waals surface area (Å²) in [5, 5.41) is 3.23. The van der Waals surface area contributed by atoms with E-state index in [1.165, 1.54) is 57.8 Å². The van der Waals surface area contributed by atoms with Crippen molar-refractivity contribution in [2.75, 3.05) is 26.2 Å². The molecule has 0 aromatic rings. The summed E-state index contributed by atoms with van der Waals surface area (Å²) in [6.45, 7) is 3.78. The van der Waals surface area contributed by atoms with Gasteiger partial charge in [-0.2, -0.15) is 0 Å². The van der Waals surface area contributed by atoms with Crippen molar-refractivity contribution >= 4 is 5.91 Å². The van der Waals surface area contributed by atoms with Crippen LogP contribution in [-0.4, -0.2) is 48.7 Å². The molecule has 3 rings (SSSR count). The van der Waals surface area contributed by atoms with Crippen molar-refractivity contribution in [3.05, 3.63) is 0 Å². The Labute approximate surface area is 141 Å². The number of nitrogens with zero attached hydrogens (tertiary/aromatic N) is 1. The Morgan fingerprint density at radius 1 is 1.00 bits per heavy atom. The Morgan fingerprint density at radius 2 is 1.70 bits per heavy atom. The van der Waals surface area contributed by atoms with Gasteiger partial charge in [-0.25, -0.2) is 0 Å². The molecule has 2 aliphatic carbocycles. The zero-order chi connectivity index (χ0) is 16.0. The van der Waals surface area contributed by atoms with E-state index in [0.29, 0.717) is 12.0 Å². The van der Waals surface area contributed by atoms with E-state index in [9.17, 15) is 4.79 Å². The Hall–Kier alpha value is -0.610. The molecule has 1 heterocycles. The van der Waals surface area contributed by atoms with Gasteiger partial charge in [-0.05, 0) is 58.0 Å². The molecule has 0 spiro atoms. The van der Waals surface area contributed by atoms with Gasteiger partial charge in [-0.1, -0.05) is 32.1 Å². The zero-order valence-corrected chi connectivity index (χ0v) is 14.7. The molecule has 3 aliphatic rings. The molecule has 0 radical (unpaired) electrons. The molecule has 4 heteroatoms. The molecule has 23 heavy (non-hydrogen) atoms. The summed E-state index contributed by atoms with van der Waals surface area (Å²) in [4.78, 5) is 15.4. The summed E-state index contributed by atoms with van der Waals surface area (Å²) >= 11 is 0. The number of amides is 1. The fourth-order valence-corrected chi connectivity index (χ4v) is 4.71. The number of rotatable bonds is 7. The third kappa shape index (κ3) is 4.27. The molecule has 0 aromatic heterocycles. The van der Waals surface area contributed by atoms with Gasteiger partial charge in [0, 0.05) is 13.2 Å². The highest BCUT2D eigenvalue weighted by atomic mass is 16.5. The first-order valence-electron chi connectivity index (χ1n) is 9.96. The van der Waals surface area contributed by atoms with Gasteiger partial charge in [0.15, 0.2) is 0 Å². The number of likely N-dealkylation sites (tertiary alicyclic amines) is 1. The summed E-state index contributed by atoms with van der Waals surface area (Å²) in [7, 11) is 0. The zero-order valence-electron chi connectivity index (χ0n) is 14.7. The van der Waals surface area contributed by atoms with E-state index in [2.05, 4.69) is 10.2 Å². The lowest BCUT2D eigenvalue weighted by atomic mass is 9.79. The minimum absolute atomic E-state index is 0.193. The molecule has 1 aliphatic heterocycles. The first-order chi connectivity index (χ1) is 11.3. The number of ether oxygens (including phenoxy) is 1. The van der Waals surface area contributed by atoms with Crippen LogP contribution in [0, 0.1) is 0 Å². The van der Waals surface area contributed by atoms with Gasteiger partial charge in [0.2, 0.25) is 5.91 Å². The lowest BCUT2D eigenvalue weighted by Crippen LogP contribution is -2.59. The second-order valence-corrected chi connectivity index (χ2v) is 7.67. The van der Waals surface area contributed by atoms with E-state index >= 15 is 0 Å². The molecule has 0 aromatic carbocycles. The normalized spacial score (nSPS) is 25.7. The molecule has 3 fully saturated rings. The van der Waals surface area contributed by atoms with E-state index in [-0.39, 0.29) is 5.54 Å². The predicted molar refractivity (Wildman–Crippen MR) is 92.5 cm³/mol. The summed E-state index contributed by atoms with van der Waals surface area (Å²) < 4.78 is 5.89. The van der Waals surface area contributed by atoms with Crippen molar-refractivity contribution in [1.82, 2.24) is 10.2 Å². The monoisotopic (exact) mass is 322 g/mol. The van der Waals surface area contributed by atoms with Gasteiger partial charge >= 0.3 is 0 Å². The summed E-state index contributed by atoms with van der Waals surface area (Å²) in [5.41, 5.74) is -0.193. The highest BCUT2D eigenvalue weighted by Crippen LogP contribution is 2.36. The third-order valence-electron chi connectivity index (χ3n) is 6.08. The maximum Gasteiger partial charge on any atom is 0.240 e. The van der Waals surface area contributed by atoms with Gasteiger partial charge < -0.3 is 10.1 Å². The predicted octanol–water partition coefficient (Wildman–Crippen LogP) is 3.25. The average molecular weight is 322 g/mol. The fraction of sp³-hybridized carbons (Fsp3) is 0.947. The first kappa shape index (κ1) is 17.2. The number of carbonyl (C=O) groups is 1. The maximum absolute atomic E-state index is 12.9.